The first-order valence-electron chi connectivity index (χ1n) is 10.0. The summed E-state index contributed by atoms with van der Waals surface area (Å²) < 4.78 is 0.702. The number of nitrogens with zero attached hydrogens (tertiary/aromatic N) is 1. The molecule has 0 unspecified atom stereocenters. The molecule has 0 atom stereocenters. The van der Waals surface area contributed by atoms with Gasteiger partial charge in [0.2, 0.25) is 5.88 Å². The number of carboxylic acids is 1. The number of halogens is 2. The highest BCUT2D eigenvalue weighted by Crippen LogP contribution is 2.31. The second-order valence-electron chi connectivity index (χ2n) is 7.58. The molecule has 1 aliphatic rings. The Kier molecular flexibility index (Phi) is 7.50. The summed E-state index contributed by atoms with van der Waals surface area (Å²) >= 11 is 12.1. The summed E-state index contributed by atoms with van der Waals surface area (Å²) in [4.78, 5) is 49.3. The van der Waals surface area contributed by atoms with E-state index in [0.717, 1.165) is 12.8 Å². The van der Waals surface area contributed by atoms with E-state index in [1.165, 1.54) is 18.2 Å². The minimum Gasteiger partial charge on any atom is -0.506 e. The highest BCUT2D eigenvalue weighted by atomic mass is 35.5. The third-order valence-corrected chi connectivity index (χ3v) is 5.89. The molecule has 2 amide bonds. The van der Waals surface area contributed by atoms with E-state index in [2.05, 4.69) is 5.32 Å². The topological polar surface area (TPSA) is 158 Å². The number of hydrogen-bond donors (Lipinski definition) is 5. The molecule has 1 saturated carbocycles. The fraction of sp³-hybridized carbons (Fsp3) is 0.333. The van der Waals surface area contributed by atoms with Crippen LogP contribution >= 0.6 is 23.2 Å². The lowest BCUT2D eigenvalue weighted by molar-refractivity contribution is -0.135. The van der Waals surface area contributed by atoms with Gasteiger partial charge in [0.1, 0.15) is 17.7 Å². The number of rotatable bonds is 7. The number of aromatic hydroxyl groups is 2. The van der Waals surface area contributed by atoms with Crippen LogP contribution in [0.4, 0.5) is 0 Å². The standard InChI is InChI=1S/C21H21Cl2N3O7/c22-11-6-5-10(13(23)7-11)9-26-20(32)15(18(30)24-8-14(27)28)17(29)16(21(26)33)19(31)25-12-3-1-2-4-12/h5-7,12,29,33H,1-4,8-9H2,(H,24,30)(H,25,31)(H,27,28). The van der Waals surface area contributed by atoms with Crippen molar-refractivity contribution in [1.29, 1.82) is 0 Å². The zero-order chi connectivity index (χ0) is 24.3. The van der Waals surface area contributed by atoms with E-state index in [9.17, 15) is 29.4 Å². The molecule has 5 N–H and O–H groups in total. The van der Waals surface area contributed by atoms with Crippen molar-refractivity contribution in [2.75, 3.05) is 6.54 Å². The molecule has 12 heteroatoms. The predicted molar refractivity (Wildman–Crippen MR) is 119 cm³/mol. The molecule has 33 heavy (non-hydrogen) atoms. The SMILES string of the molecule is O=C(O)CNC(=O)c1c(O)c(C(=O)NC2CCCC2)c(O)n(Cc2ccc(Cl)cc2Cl)c1=O. The van der Waals surface area contributed by atoms with Crippen LogP contribution in [0.3, 0.4) is 0 Å². The molecule has 1 aromatic carbocycles. The van der Waals surface area contributed by atoms with Crippen molar-refractivity contribution < 1.29 is 29.7 Å². The monoisotopic (exact) mass is 497 g/mol. The van der Waals surface area contributed by atoms with E-state index in [0.29, 0.717) is 28.0 Å². The maximum absolute atomic E-state index is 13.0. The minimum absolute atomic E-state index is 0.163. The summed E-state index contributed by atoms with van der Waals surface area (Å²) in [5.74, 6) is -5.39. The van der Waals surface area contributed by atoms with E-state index in [1.54, 1.807) is 0 Å². The first-order chi connectivity index (χ1) is 15.6. The third kappa shape index (κ3) is 5.40. The number of benzene rings is 1. The lowest BCUT2D eigenvalue weighted by atomic mass is 10.1. The fourth-order valence-corrected chi connectivity index (χ4v) is 4.12. The summed E-state index contributed by atoms with van der Waals surface area (Å²) in [5.41, 5.74) is -2.36. The zero-order valence-electron chi connectivity index (χ0n) is 17.2. The number of carbonyl (C=O) groups is 3. The van der Waals surface area contributed by atoms with Crippen LogP contribution in [-0.4, -0.2) is 50.3 Å². The smallest absolute Gasteiger partial charge is 0.322 e. The van der Waals surface area contributed by atoms with Gasteiger partial charge >= 0.3 is 5.97 Å². The number of pyridine rings is 1. The van der Waals surface area contributed by atoms with Gasteiger partial charge in [0.25, 0.3) is 17.4 Å². The Morgan fingerprint density at radius 2 is 1.73 bits per heavy atom. The number of aromatic nitrogens is 1. The molecule has 0 spiro atoms. The Hall–Kier alpha value is -3.24. The van der Waals surface area contributed by atoms with E-state index < -0.39 is 52.6 Å². The molecule has 3 rings (SSSR count). The molecule has 0 radical (unpaired) electrons. The highest BCUT2D eigenvalue weighted by molar-refractivity contribution is 6.35. The highest BCUT2D eigenvalue weighted by Gasteiger charge is 2.31. The largest absolute Gasteiger partial charge is 0.506 e. The summed E-state index contributed by atoms with van der Waals surface area (Å²) in [6, 6.07) is 4.21. The lowest BCUT2D eigenvalue weighted by Crippen LogP contribution is -2.38. The number of nitrogens with one attached hydrogen (secondary N) is 2. The molecule has 2 aromatic rings. The van der Waals surface area contributed by atoms with Gasteiger partial charge in [-0.05, 0) is 30.5 Å². The Labute approximate surface area is 197 Å². The van der Waals surface area contributed by atoms with Crippen molar-refractivity contribution >= 4 is 41.0 Å². The molecule has 1 aromatic heterocycles. The lowest BCUT2D eigenvalue weighted by Gasteiger charge is -2.19. The van der Waals surface area contributed by atoms with E-state index in [1.807, 2.05) is 5.32 Å². The van der Waals surface area contributed by atoms with Crippen LogP contribution in [0.1, 0.15) is 52.0 Å². The molecule has 1 aliphatic carbocycles. The van der Waals surface area contributed by atoms with Gasteiger partial charge in [-0.25, -0.2) is 0 Å². The van der Waals surface area contributed by atoms with Gasteiger partial charge in [-0.1, -0.05) is 42.1 Å². The summed E-state index contributed by atoms with van der Waals surface area (Å²) in [5, 5.41) is 35.4. The van der Waals surface area contributed by atoms with Gasteiger partial charge < -0.3 is 26.0 Å². The van der Waals surface area contributed by atoms with Crippen molar-refractivity contribution in [3.8, 4) is 11.6 Å². The summed E-state index contributed by atoms with van der Waals surface area (Å²) in [7, 11) is 0. The summed E-state index contributed by atoms with van der Waals surface area (Å²) in [6.07, 6.45) is 3.22. The molecule has 0 bridgehead atoms. The van der Waals surface area contributed by atoms with Crippen molar-refractivity contribution in [1.82, 2.24) is 15.2 Å². The van der Waals surface area contributed by atoms with Gasteiger partial charge in [-0.15, -0.1) is 0 Å². The normalized spacial score (nSPS) is 13.6. The van der Waals surface area contributed by atoms with Crippen LogP contribution < -0.4 is 16.2 Å². The Balaban J connectivity index is 2.12. The van der Waals surface area contributed by atoms with E-state index in [4.69, 9.17) is 28.3 Å². The number of carbonyl (C=O) groups excluding carboxylic acids is 2. The van der Waals surface area contributed by atoms with Crippen LogP contribution in [0.25, 0.3) is 0 Å². The number of hydrogen-bond acceptors (Lipinski definition) is 6. The van der Waals surface area contributed by atoms with E-state index >= 15 is 0 Å². The van der Waals surface area contributed by atoms with Crippen molar-refractivity contribution in [2.24, 2.45) is 0 Å². The predicted octanol–water partition coefficient (Wildman–Crippen LogP) is 2.10. The van der Waals surface area contributed by atoms with Crippen molar-refractivity contribution in [3.63, 3.8) is 0 Å². The molecule has 10 nitrogen and oxygen atoms in total. The van der Waals surface area contributed by atoms with Crippen molar-refractivity contribution in [2.45, 2.75) is 38.3 Å². The van der Waals surface area contributed by atoms with E-state index in [-0.39, 0.29) is 17.6 Å². The second-order valence-corrected chi connectivity index (χ2v) is 8.42. The van der Waals surface area contributed by atoms with Gasteiger partial charge in [0.15, 0.2) is 5.75 Å². The molecule has 1 fully saturated rings. The van der Waals surface area contributed by atoms with Gasteiger partial charge in [-0.3, -0.25) is 23.7 Å². The zero-order valence-corrected chi connectivity index (χ0v) is 18.7. The maximum atomic E-state index is 13.0. The molecular formula is C21H21Cl2N3O7. The number of carboxylic acid groups (broad SMARTS) is 1. The minimum atomic E-state index is -1.38. The molecular weight excluding hydrogens is 477 g/mol. The quantitative estimate of drug-likeness (QED) is 0.391. The van der Waals surface area contributed by atoms with Crippen LogP contribution in [0.15, 0.2) is 23.0 Å². The van der Waals surface area contributed by atoms with Gasteiger partial charge in [0.05, 0.1) is 6.54 Å². The molecule has 0 aliphatic heterocycles. The average molecular weight is 498 g/mol. The third-order valence-electron chi connectivity index (χ3n) is 5.30. The van der Waals surface area contributed by atoms with Crippen molar-refractivity contribution in [3.05, 3.63) is 55.3 Å². The Morgan fingerprint density at radius 3 is 2.33 bits per heavy atom. The first kappa shape index (κ1) is 24.4. The first-order valence-corrected chi connectivity index (χ1v) is 10.8. The van der Waals surface area contributed by atoms with Crippen LogP contribution in [0.2, 0.25) is 10.0 Å². The molecule has 0 saturated heterocycles. The number of aliphatic carboxylic acids is 1. The Morgan fingerprint density at radius 1 is 1.06 bits per heavy atom. The van der Waals surface area contributed by atoms with Gasteiger partial charge in [-0.2, -0.15) is 0 Å². The van der Waals surface area contributed by atoms with Crippen LogP contribution in [-0.2, 0) is 11.3 Å². The number of amides is 2. The average Bonchev–Trinajstić information content (AvgIpc) is 3.24. The van der Waals surface area contributed by atoms with Crippen LogP contribution in [0, 0.1) is 0 Å². The molecule has 1 heterocycles. The van der Waals surface area contributed by atoms with Crippen LogP contribution in [0.5, 0.6) is 11.6 Å². The second kappa shape index (κ2) is 10.1. The summed E-state index contributed by atoms with van der Waals surface area (Å²) in [6.45, 7) is -1.19. The van der Waals surface area contributed by atoms with Gasteiger partial charge in [0, 0.05) is 16.1 Å². The fourth-order valence-electron chi connectivity index (χ4n) is 3.65. The molecule has 176 valence electrons. The Bertz CT molecular complexity index is 1170. The maximum Gasteiger partial charge on any atom is 0.322 e.